The third-order valence-electron chi connectivity index (χ3n) is 5.12. The van der Waals surface area contributed by atoms with E-state index in [1.54, 1.807) is 13.4 Å². The summed E-state index contributed by atoms with van der Waals surface area (Å²) in [5.74, 6) is 1.65. The van der Waals surface area contributed by atoms with Gasteiger partial charge in [0, 0.05) is 24.7 Å². The molecule has 0 atom stereocenters. The number of methoxy groups -OCH3 is 1. The molecule has 0 saturated carbocycles. The van der Waals surface area contributed by atoms with Crippen molar-refractivity contribution in [3.8, 4) is 11.4 Å². The third kappa shape index (κ3) is 4.31. The van der Waals surface area contributed by atoms with Crippen LogP contribution in [0.1, 0.15) is 12.8 Å². The molecule has 9 heteroatoms. The number of carbonyl (C=O) groups excluding carboxylic acids is 1. The van der Waals surface area contributed by atoms with Gasteiger partial charge in [-0.05, 0) is 37.1 Å². The Morgan fingerprint density at radius 2 is 1.93 bits per heavy atom. The molecule has 2 aliphatic rings. The highest BCUT2D eigenvalue weighted by molar-refractivity contribution is 7.99. The fourth-order valence-corrected chi connectivity index (χ4v) is 4.36. The zero-order chi connectivity index (χ0) is 19.3. The number of hydrogen-bond acceptors (Lipinski definition) is 7. The van der Waals surface area contributed by atoms with E-state index < -0.39 is 0 Å². The monoisotopic (exact) mass is 404 g/mol. The summed E-state index contributed by atoms with van der Waals surface area (Å²) in [5.41, 5.74) is 0.929. The number of benzene rings is 1. The number of nitrogens with zero attached hydrogens (tertiary/aromatic N) is 4. The van der Waals surface area contributed by atoms with Crippen molar-refractivity contribution in [3.05, 3.63) is 30.6 Å². The number of hydrogen-bond donors (Lipinski definition) is 0. The van der Waals surface area contributed by atoms with Gasteiger partial charge in [-0.25, -0.2) is 0 Å². The van der Waals surface area contributed by atoms with Gasteiger partial charge in [0.1, 0.15) is 12.1 Å². The lowest BCUT2D eigenvalue weighted by Gasteiger charge is -2.33. The number of rotatable bonds is 6. The van der Waals surface area contributed by atoms with Crippen molar-refractivity contribution in [2.45, 2.75) is 24.3 Å². The molecule has 0 radical (unpaired) electrons. The maximum Gasteiger partial charge on any atom is 0.233 e. The first-order valence-corrected chi connectivity index (χ1v) is 10.4. The van der Waals surface area contributed by atoms with E-state index in [4.69, 9.17) is 14.2 Å². The minimum atomic E-state index is -0.0883. The molecular formula is C19H24N4O4S. The second kappa shape index (κ2) is 8.93. The van der Waals surface area contributed by atoms with E-state index in [0.717, 1.165) is 37.4 Å². The molecule has 1 aromatic heterocycles. The topological polar surface area (TPSA) is 78.7 Å². The molecule has 1 aromatic carbocycles. The predicted octanol–water partition coefficient (Wildman–Crippen LogP) is 1.98. The van der Waals surface area contributed by atoms with Gasteiger partial charge in [0.25, 0.3) is 0 Å². The van der Waals surface area contributed by atoms with Crippen LogP contribution in [0.25, 0.3) is 5.69 Å². The molecule has 3 heterocycles. The molecule has 4 rings (SSSR count). The summed E-state index contributed by atoms with van der Waals surface area (Å²) in [4.78, 5) is 14.5. The normalized spacial score (nSPS) is 18.5. The average molecular weight is 404 g/mol. The van der Waals surface area contributed by atoms with Gasteiger partial charge in [0.15, 0.2) is 11.4 Å². The van der Waals surface area contributed by atoms with E-state index in [1.165, 1.54) is 11.8 Å². The maximum atomic E-state index is 12.6. The van der Waals surface area contributed by atoms with E-state index in [0.29, 0.717) is 30.0 Å². The Labute approximate surface area is 168 Å². The maximum absolute atomic E-state index is 12.6. The van der Waals surface area contributed by atoms with Crippen LogP contribution in [-0.4, -0.2) is 71.0 Å². The van der Waals surface area contributed by atoms with Gasteiger partial charge >= 0.3 is 0 Å². The Morgan fingerprint density at radius 1 is 1.21 bits per heavy atom. The lowest BCUT2D eigenvalue weighted by molar-refractivity contribution is -0.134. The van der Waals surface area contributed by atoms with Crippen LogP contribution in [0.15, 0.2) is 35.7 Å². The molecule has 8 nitrogen and oxygen atoms in total. The molecule has 0 spiro atoms. The van der Waals surface area contributed by atoms with Crippen molar-refractivity contribution in [2.24, 2.45) is 5.92 Å². The largest absolute Gasteiger partial charge is 0.497 e. The molecule has 2 aliphatic heterocycles. The standard InChI is InChI=1S/C19H24N4O4S/c1-25-16-4-2-15(3-5-16)23-13-20-21-19(23)28-12-17(24)22-8-6-14(7-9-22)18-26-10-11-27-18/h2-5,13-14,18H,6-12H2,1H3. The Bertz CT molecular complexity index is 783. The number of piperidine rings is 1. The first-order chi connectivity index (χ1) is 13.7. The van der Waals surface area contributed by atoms with Gasteiger partial charge in [0.05, 0.1) is 26.1 Å². The summed E-state index contributed by atoms with van der Waals surface area (Å²) in [6.07, 6.45) is 3.41. The lowest BCUT2D eigenvalue weighted by Crippen LogP contribution is -2.42. The smallest absolute Gasteiger partial charge is 0.233 e. The molecule has 28 heavy (non-hydrogen) atoms. The highest BCUT2D eigenvalue weighted by Gasteiger charge is 2.31. The van der Waals surface area contributed by atoms with Crippen LogP contribution in [0.2, 0.25) is 0 Å². The van der Waals surface area contributed by atoms with E-state index in [1.807, 2.05) is 33.7 Å². The number of amides is 1. The van der Waals surface area contributed by atoms with Crippen LogP contribution in [-0.2, 0) is 14.3 Å². The van der Waals surface area contributed by atoms with Crippen molar-refractivity contribution < 1.29 is 19.0 Å². The van der Waals surface area contributed by atoms with Crippen LogP contribution >= 0.6 is 11.8 Å². The molecule has 1 amide bonds. The molecule has 2 aromatic rings. The SMILES string of the molecule is COc1ccc(-n2cnnc2SCC(=O)N2CCC(C3OCCO3)CC2)cc1. The van der Waals surface area contributed by atoms with Crippen molar-refractivity contribution in [1.82, 2.24) is 19.7 Å². The number of ether oxygens (including phenoxy) is 3. The minimum Gasteiger partial charge on any atom is -0.497 e. The summed E-state index contributed by atoms with van der Waals surface area (Å²) in [6, 6.07) is 7.64. The zero-order valence-electron chi connectivity index (χ0n) is 15.8. The second-order valence-corrected chi connectivity index (χ2v) is 7.74. The highest BCUT2D eigenvalue weighted by atomic mass is 32.2. The molecule has 150 valence electrons. The second-order valence-electron chi connectivity index (χ2n) is 6.80. The molecule has 0 unspecified atom stereocenters. The highest BCUT2D eigenvalue weighted by Crippen LogP contribution is 2.27. The molecular weight excluding hydrogens is 380 g/mol. The van der Waals surface area contributed by atoms with E-state index in [-0.39, 0.29) is 12.2 Å². The van der Waals surface area contributed by atoms with Crippen LogP contribution in [0, 0.1) is 5.92 Å². The fourth-order valence-electron chi connectivity index (χ4n) is 3.53. The van der Waals surface area contributed by atoms with Crippen LogP contribution in [0.5, 0.6) is 5.75 Å². The Balaban J connectivity index is 1.30. The molecule has 0 aliphatic carbocycles. The van der Waals surface area contributed by atoms with Crippen LogP contribution < -0.4 is 4.74 Å². The van der Waals surface area contributed by atoms with Crippen molar-refractivity contribution in [1.29, 1.82) is 0 Å². The van der Waals surface area contributed by atoms with Gasteiger partial charge in [0.2, 0.25) is 5.91 Å². The summed E-state index contributed by atoms with van der Waals surface area (Å²) in [5, 5.41) is 8.85. The Morgan fingerprint density at radius 3 is 2.61 bits per heavy atom. The van der Waals surface area contributed by atoms with Gasteiger partial charge in [-0.3, -0.25) is 9.36 Å². The number of aromatic nitrogens is 3. The number of likely N-dealkylation sites (tertiary alicyclic amines) is 1. The first-order valence-electron chi connectivity index (χ1n) is 9.43. The number of carbonyl (C=O) groups is 1. The Kier molecular flexibility index (Phi) is 6.13. The van der Waals surface area contributed by atoms with E-state index >= 15 is 0 Å². The molecule has 2 fully saturated rings. The number of thioether (sulfide) groups is 1. The third-order valence-corrected chi connectivity index (χ3v) is 6.04. The quantitative estimate of drug-likeness (QED) is 0.681. The van der Waals surface area contributed by atoms with Crippen molar-refractivity contribution in [3.63, 3.8) is 0 Å². The van der Waals surface area contributed by atoms with Crippen LogP contribution in [0.3, 0.4) is 0 Å². The average Bonchev–Trinajstić information content (AvgIpc) is 3.44. The summed E-state index contributed by atoms with van der Waals surface area (Å²) < 4.78 is 18.3. The zero-order valence-corrected chi connectivity index (χ0v) is 16.6. The summed E-state index contributed by atoms with van der Waals surface area (Å²) in [6.45, 7) is 2.85. The van der Waals surface area contributed by atoms with Gasteiger partial charge in [-0.1, -0.05) is 11.8 Å². The molecule has 0 N–H and O–H groups in total. The Hall–Kier alpha value is -2.10. The fraction of sp³-hybridized carbons (Fsp3) is 0.526. The van der Waals surface area contributed by atoms with E-state index in [9.17, 15) is 4.79 Å². The van der Waals surface area contributed by atoms with Crippen LogP contribution in [0.4, 0.5) is 0 Å². The molecule has 2 saturated heterocycles. The molecule has 0 bridgehead atoms. The van der Waals surface area contributed by atoms with Crippen molar-refractivity contribution >= 4 is 17.7 Å². The van der Waals surface area contributed by atoms with Gasteiger partial charge in [-0.2, -0.15) is 0 Å². The van der Waals surface area contributed by atoms with Gasteiger partial charge in [-0.15, -0.1) is 10.2 Å². The minimum absolute atomic E-state index is 0.0883. The van der Waals surface area contributed by atoms with E-state index in [2.05, 4.69) is 10.2 Å². The predicted molar refractivity (Wildman–Crippen MR) is 104 cm³/mol. The summed E-state index contributed by atoms with van der Waals surface area (Å²) >= 11 is 1.40. The lowest BCUT2D eigenvalue weighted by atomic mass is 9.96. The van der Waals surface area contributed by atoms with Gasteiger partial charge < -0.3 is 19.1 Å². The summed E-state index contributed by atoms with van der Waals surface area (Å²) in [7, 11) is 1.64. The van der Waals surface area contributed by atoms with Crippen molar-refractivity contribution in [2.75, 3.05) is 39.2 Å². The first kappa shape index (κ1) is 19.2.